The average molecular weight is 570 g/mol. The van der Waals surface area contributed by atoms with E-state index >= 15 is 0 Å². The van der Waals surface area contributed by atoms with Crippen molar-refractivity contribution in [2.75, 3.05) is 29.4 Å². The Kier molecular flexibility index (Phi) is 7.60. The van der Waals surface area contributed by atoms with Gasteiger partial charge < -0.3 is 9.80 Å². The van der Waals surface area contributed by atoms with E-state index in [9.17, 15) is 26.3 Å². The third-order valence-corrected chi connectivity index (χ3v) is 7.60. The molecule has 0 N–H and O–H groups in total. The Morgan fingerprint density at radius 1 is 0.950 bits per heavy atom. The first-order chi connectivity index (χ1) is 18.8. The molecule has 2 fully saturated rings. The van der Waals surface area contributed by atoms with Gasteiger partial charge in [0.2, 0.25) is 0 Å². The maximum absolute atomic E-state index is 13.6. The zero-order valence-electron chi connectivity index (χ0n) is 22.7. The molecule has 5 rings (SSSR count). The predicted octanol–water partition coefficient (Wildman–Crippen LogP) is 5.85. The quantitative estimate of drug-likeness (QED) is 0.335. The summed E-state index contributed by atoms with van der Waals surface area (Å²) in [5, 5.41) is 12.2. The summed E-state index contributed by atoms with van der Waals surface area (Å²) in [7, 11) is 1.55. The summed E-state index contributed by atoms with van der Waals surface area (Å²) in [6, 6.07) is 1.94. The summed E-state index contributed by atoms with van der Waals surface area (Å²) in [5.41, 5.74) is 1.35. The lowest BCUT2D eigenvalue weighted by molar-refractivity contribution is -0.162. The van der Waals surface area contributed by atoms with Gasteiger partial charge in [-0.1, -0.05) is 11.2 Å². The standard InChI is InChI=1S/C27H33F6N7/c1-16-8-17(2)34-24(39(12-18-4-5-18)13-19-6-7-19)23(16)15-40(25-35-37-38(3)36-25)14-20-9-21(26(28,29)30)11-22(10-20)27(31,32)33/h8-9,11,18-19,22H,4-7,10,12-15H2,1-3H3. The van der Waals surface area contributed by atoms with E-state index in [-0.39, 0.29) is 30.7 Å². The van der Waals surface area contributed by atoms with Crippen LogP contribution in [0, 0.1) is 31.6 Å². The minimum Gasteiger partial charge on any atom is -0.356 e. The van der Waals surface area contributed by atoms with Crippen molar-refractivity contribution in [3.05, 3.63) is 46.2 Å². The van der Waals surface area contributed by atoms with Gasteiger partial charge in [0.15, 0.2) is 0 Å². The molecule has 2 aromatic rings. The summed E-state index contributed by atoms with van der Waals surface area (Å²) in [6.45, 7) is 5.56. The molecule has 40 heavy (non-hydrogen) atoms. The van der Waals surface area contributed by atoms with Gasteiger partial charge in [0.25, 0.3) is 5.95 Å². The minimum atomic E-state index is -4.90. The molecule has 0 amide bonds. The third-order valence-electron chi connectivity index (χ3n) is 7.60. The number of tetrazole rings is 1. The van der Waals surface area contributed by atoms with Crippen LogP contribution >= 0.6 is 0 Å². The number of nitrogens with zero attached hydrogens (tertiary/aromatic N) is 7. The normalized spacial score (nSPS) is 19.9. The van der Waals surface area contributed by atoms with Crippen molar-refractivity contribution in [3.63, 3.8) is 0 Å². The Balaban J connectivity index is 1.50. The monoisotopic (exact) mass is 569 g/mol. The second kappa shape index (κ2) is 10.7. The van der Waals surface area contributed by atoms with Crippen molar-refractivity contribution in [1.82, 2.24) is 25.2 Å². The zero-order valence-corrected chi connectivity index (χ0v) is 22.7. The molecule has 2 saturated carbocycles. The van der Waals surface area contributed by atoms with E-state index in [1.54, 1.807) is 11.9 Å². The molecule has 1 atom stereocenters. The Morgan fingerprint density at radius 2 is 1.60 bits per heavy atom. The number of rotatable bonds is 10. The fourth-order valence-electron chi connectivity index (χ4n) is 5.19. The number of alkyl halides is 6. The molecule has 218 valence electrons. The van der Waals surface area contributed by atoms with Gasteiger partial charge in [-0.2, -0.15) is 31.1 Å². The van der Waals surface area contributed by atoms with Crippen LogP contribution in [0.1, 0.15) is 48.9 Å². The smallest absolute Gasteiger partial charge is 0.356 e. The number of hydrogen-bond acceptors (Lipinski definition) is 6. The third kappa shape index (κ3) is 6.95. The minimum absolute atomic E-state index is 0.00306. The highest BCUT2D eigenvalue weighted by atomic mass is 19.4. The van der Waals surface area contributed by atoms with Crippen molar-refractivity contribution in [3.8, 4) is 0 Å². The maximum atomic E-state index is 13.6. The van der Waals surface area contributed by atoms with Gasteiger partial charge in [-0.3, -0.25) is 0 Å². The maximum Gasteiger partial charge on any atom is 0.416 e. The van der Waals surface area contributed by atoms with Gasteiger partial charge in [-0.25, -0.2) is 4.98 Å². The number of pyridine rings is 1. The lowest BCUT2D eigenvalue weighted by Gasteiger charge is -2.31. The first kappa shape index (κ1) is 28.4. The molecule has 0 saturated heterocycles. The molecule has 7 nitrogen and oxygen atoms in total. The van der Waals surface area contributed by atoms with Crippen LogP contribution in [0.25, 0.3) is 0 Å². The van der Waals surface area contributed by atoms with E-state index < -0.39 is 30.3 Å². The summed E-state index contributed by atoms with van der Waals surface area (Å²) in [6.07, 6.45) is -4.52. The summed E-state index contributed by atoms with van der Waals surface area (Å²) in [5.74, 6) is -0.0898. The van der Waals surface area contributed by atoms with Crippen LogP contribution in [0.3, 0.4) is 0 Å². The number of halogens is 6. The van der Waals surface area contributed by atoms with Crippen LogP contribution in [0.5, 0.6) is 0 Å². The highest BCUT2D eigenvalue weighted by Gasteiger charge is 2.44. The first-order valence-corrected chi connectivity index (χ1v) is 13.5. The molecule has 3 aliphatic carbocycles. The molecule has 13 heteroatoms. The van der Waals surface area contributed by atoms with Crippen LogP contribution in [-0.2, 0) is 13.6 Å². The Bertz CT molecular complexity index is 1270. The van der Waals surface area contributed by atoms with Crippen molar-refractivity contribution < 1.29 is 26.3 Å². The van der Waals surface area contributed by atoms with Gasteiger partial charge in [-0.15, -0.1) is 5.10 Å². The van der Waals surface area contributed by atoms with E-state index in [1.807, 2.05) is 19.9 Å². The van der Waals surface area contributed by atoms with E-state index in [4.69, 9.17) is 4.98 Å². The number of allylic oxidation sites excluding steroid dienone is 3. The van der Waals surface area contributed by atoms with Crippen LogP contribution in [0.15, 0.2) is 29.4 Å². The molecule has 0 aliphatic heterocycles. The Labute approximate surface area is 228 Å². The summed E-state index contributed by atoms with van der Waals surface area (Å²) < 4.78 is 81.7. The number of anilines is 2. The van der Waals surface area contributed by atoms with E-state index in [1.165, 1.54) is 30.5 Å². The van der Waals surface area contributed by atoms with E-state index in [2.05, 4.69) is 20.3 Å². The lowest BCUT2D eigenvalue weighted by Crippen LogP contribution is -2.34. The lowest BCUT2D eigenvalue weighted by atomic mass is 9.89. The molecular formula is C27H33F6N7. The molecule has 0 spiro atoms. The second-order valence-electron chi connectivity index (χ2n) is 11.4. The molecule has 0 aromatic carbocycles. The average Bonchev–Trinajstić information content (AvgIpc) is 3.79. The van der Waals surface area contributed by atoms with E-state index in [0.29, 0.717) is 11.8 Å². The summed E-state index contributed by atoms with van der Waals surface area (Å²) in [4.78, 5) is 10.0. The Morgan fingerprint density at radius 3 is 2.12 bits per heavy atom. The SMILES string of the molecule is Cc1cc(C)c(CN(CC2=CC(C(F)(F)F)=CC(C(F)(F)F)C2)c2nnn(C)n2)c(N(CC2CC2)CC2CC2)n1. The molecule has 0 radical (unpaired) electrons. The Hall–Kier alpha value is -3.12. The van der Waals surface area contributed by atoms with E-state index in [0.717, 1.165) is 41.8 Å². The van der Waals surface area contributed by atoms with Crippen LogP contribution in [0.4, 0.5) is 38.1 Å². The second-order valence-corrected chi connectivity index (χ2v) is 11.4. The highest BCUT2D eigenvalue weighted by molar-refractivity contribution is 5.54. The first-order valence-electron chi connectivity index (χ1n) is 13.5. The fraction of sp³-hybridized carbons (Fsp3) is 0.630. The highest BCUT2D eigenvalue weighted by Crippen LogP contribution is 2.41. The van der Waals surface area contributed by atoms with Gasteiger partial charge in [0.05, 0.1) is 25.1 Å². The van der Waals surface area contributed by atoms with Gasteiger partial charge in [0, 0.05) is 30.9 Å². The number of aromatic nitrogens is 5. The molecular weight excluding hydrogens is 536 g/mol. The van der Waals surface area contributed by atoms with Crippen molar-refractivity contribution >= 4 is 11.8 Å². The van der Waals surface area contributed by atoms with Crippen LogP contribution in [-0.4, -0.2) is 57.2 Å². The molecule has 0 bridgehead atoms. The largest absolute Gasteiger partial charge is 0.416 e. The fourth-order valence-corrected chi connectivity index (χ4v) is 5.19. The van der Waals surface area contributed by atoms with Gasteiger partial charge in [0.1, 0.15) is 5.82 Å². The van der Waals surface area contributed by atoms with Crippen LogP contribution in [0.2, 0.25) is 0 Å². The molecule has 2 aromatic heterocycles. The topological polar surface area (TPSA) is 63.0 Å². The van der Waals surface area contributed by atoms with Crippen molar-refractivity contribution in [2.45, 2.75) is 64.8 Å². The number of aryl methyl sites for hydroxylation is 3. The zero-order chi connectivity index (χ0) is 28.8. The number of hydrogen-bond donors (Lipinski definition) is 0. The molecule has 2 heterocycles. The van der Waals surface area contributed by atoms with Crippen LogP contribution < -0.4 is 9.80 Å². The molecule has 3 aliphatic rings. The molecule has 1 unspecified atom stereocenters. The van der Waals surface area contributed by atoms with Crippen molar-refractivity contribution in [1.29, 1.82) is 0 Å². The van der Waals surface area contributed by atoms with Crippen molar-refractivity contribution in [2.24, 2.45) is 24.8 Å². The summed E-state index contributed by atoms with van der Waals surface area (Å²) >= 11 is 0. The van der Waals surface area contributed by atoms with Gasteiger partial charge in [-0.05, 0) is 86.3 Å². The van der Waals surface area contributed by atoms with Gasteiger partial charge >= 0.3 is 12.4 Å². The predicted molar refractivity (Wildman–Crippen MR) is 138 cm³/mol.